The summed E-state index contributed by atoms with van der Waals surface area (Å²) in [6.45, 7) is 3.78. The summed E-state index contributed by atoms with van der Waals surface area (Å²) >= 11 is 6.27. The van der Waals surface area contributed by atoms with Gasteiger partial charge in [0.25, 0.3) is 0 Å². The number of aromatic hydroxyl groups is 1. The summed E-state index contributed by atoms with van der Waals surface area (Å²) < 4.78 is 0. The smallest absolute Gasteiger partial charge is 0.250 e. The van der Waals surface area contributed by atoms with Crippen LogP contribution in [0.4, 0.5) is 5.69 Å². The molecule has 8 heteroatoms. The predicted octanol–water partition coefficient (Wildman–Crippen LogP) is 2.81. The third-order valence-electron chi connectivity index (χ3n) is 7.13. The number of hydrogen-bond donors (Lipinski definition) is 3. The van der Waals surface area contributed by atoms with Gasteiger partial charge in [0.2, 0.25) is 17.7 Å². The van der Waals surface area contributed by atoms with E-state index in [0.29, 0.717) is 29.1 Å². The Bertz CT molecular complexity index is 1130. The second-order valence-electron chi connectivity index (χ2n) is 8.88. The van der Waals surface area contributed by atoms with E-state index in [1.807, 2.05) is 13.8 Å². The number of hydrogen-bond acceptors (Lipinski definition) is 5. The fourth-order valence-corrected chi connectivity index (χ4v) is 5.65. The minimum atomic E-state index is -1.36. The van der Waals surface area contributed by atoms with Crippen molar-refractivity contribution in [1.29, 1.82) is 0 Å². The van der Waals surface area contributed by atoms with Gasteiger partial charge in [-0.05, 0) is 55.7 Å². The molecular weight excluding hydrogens is 430 g/mol. The van der Waals surface area contributed by atoms with Gasteiger partial charge in [-0.3, -0.25) is 24.6 Å². The molecule has 1 spiro atoms. The number of amides is 3. The van der Waals surface area contributed by atoms with Crippen LogP contribution in [-0.2, 0) is 26.3 Å². The van der Waals surface area contributed by atoms with E-state index in [4.69, 9.17) is 11.6 Å². The lowest BCUT2D eigenvalue weighted by Gasteiger charge is -2.31. The number of carbonyl (C=O) groups excluding carboxylic acids is 3. The zero-order valence-electron chi connectivity index (χ0n) is 17.8. The fraction of sp³-hybridized carbons (Fsp3) is 0.375. The molecule has 0 aliphatic carbocycles. The molecule has 7 nitrogen and oxygen atoms in total. The quantitative estimate of drug-likeness (QED) is 0.618. The molecule has 3 aliphatic rings. The SMILES string of the molecule is CC[C@@H](C)N1C(=O)[C@H]2[C@@H](C1=O)[C@]1(N[C@@H]2Cc2ccc(O)cc2)C(=O)Nc2ccc(Cl)cc21. The normalized spacial score (nSPS) is 29.4. The topological polar surface area (TPSA) is 98.7 Å². The highest BCUT2D eigenvalue weighted by molar-refractivity contribution is 6.31. The average Bonchev–Trinajstić information content (AvgIpc) is 3.34. The number of rotatable bonds is 4. The zero-order chi connectivity index (χ0) is 22.8. The molecule has 3 N–H and O–H groups in total. The third-order valence-corrected chi connectivity index (χ3v) is 7.37. The van der Waals surface area contributed by atoms with Crippen molar-refractivity contribution in [3.63, 3.8) is 0 Å². The molecular formula is C24H24ClN3O4. The van der Waals surface area contributed by atoms with Gasteiger partial charge in [0.15, 0.2) is 0 Å². The van der Waals surface area contributed by atoms with Crippen molar-refractivity contribution >= 4 is 35.0 Å². The Hall–Kier alpha value is -2.90. The van der Waals surface area contributed by atoms with Gasteiger partial charge in [-0.1, -0.05) is 30.7 Å². The van der Waals surface area contributed by atoms with E-state index in [-0.39, 0.29) is 29.5 Å². The average molecular weight is 454 g/mol. The van der Waals surface area contributed by atoms with Crippen LogP contribution in [0, 0.1) is 11.8 Å². The van der Waals surface area contributed by atoms with Gasteiger partial charge in [-0.25, -0.2) is 0 Å². The first kappa shape index (κ1) is 21.0. The van der Waals surface area contributed by atoms with Crippen molar-refractivity contribution in [3.05, 3.63) is 58.6 Å². The van der Waals surface area contributed by atoms with Crippen molar-refractivity contribution in [1.82, 2.24) is 10.2 Å². The van der Waals surface area contributed by atoms with Gasteiger partial charge in [-0.2, -0.15) is 0 Å². The number of fused-ring (bicyclic) bond motifs is 4. The van der Waals surface area contributed by atoms with Gasteiger partial charge in [-0.15, -0.1) is 0 Å². The van der Waals surface area contributed by atoms with E-state index in [1.54, 1.807) is 42.5 Å². The Labute approximate surface area is 190 Å². The maximum Gasteiger partial charge on any atom is 0.250 e. The molecule has 0 unspecified atom stereocenters. The molecule has 0 aromatic heterocycles. The lowest BCUT2D eigenvalue weighted by molar-refractivity contribution is -0.145. The number of phenols is 1. The highest BCUT2D eigenvalue weighted by atomic mass is 35.5. The fourth-order valence-electron chi connectivity index (χ4n) is 5.47. The Balaban J connectivity index is 1.64. The Morgan fingerprint density at radius 3 is 2.53 bits per heavy atom. The molecule has 2 fully saturated rings. The van der Waals surface area contributed by atoms with E-state index in [9.17, 15) is 19.5 Å². The minimum absolute atomic E-state index is 0.149. The lowest BCUT2D eigenvalue weighted by atomic mass is 9.76. The Morgan fingerprint density at radius 1 is 1.12 bits per heavy atom. The van der Waals surface area contributed by atoms with Gasteiger partial charge >= 0.3 is 0 Å². The van der Waals surface area contributed by atoms with Gasteiger partial charge in [0, 0.05) is 28.4 Å². The van der Waals surface area contributed by atoms with Crippen LogP contribution in [0.2, 0.25) is 5.02 Å². The van der Waals surface area contributed by atoms with Crippen molar-refractivity contribution in [2.45, 2.75) is 44.3 Å². The van der Waals surface area contributed by atoms with E-state index < -0.39 is 23.4 Å². The first-order valence-corrected chi connectivity index (χ1v) is 11.2. The molecule has 3 amide bonds. The minimum Gasteiger partial charge on any atom is -0.508 e. The zero-order valence-corrected chi connectivity index (χ0v) is 18.5. The van der Waals surface area contributed by atoms with E-state index >= 15 is 0 Å². The van der Waals surface area contributed by atoms with Crippen LogP contribution in [0.25, 0.3) is 0 Å². The van der Waals surface area contributed by atoms with Crippen LogP contribution in [0.1, 0.15) is 31.4 Å². The number of benzene rings is 2. The number of imide groups is 1. The summed E-state index contributed by atoms with van der Waals surface area (Å²) in [5.74, 6) is -2.29. The van der Waals surface area contributed by atoms with Gasteiger partial charge in [0.1, 0.15) is 11.3 Å². The summed E-state index contributed by atoms with van der Waals surface area (Å²) in [4.78, 5) is 42.0. The largest absolute Gasteiger partial charge is 0.508 e. The first-order chi connectivity index (χ1) is 15.3. The number of nitrogens with one attached hydrogen (secondary N) is 2. The molecule has 2 saturated heterocycles. The predicted molar refractivity (Wildman–Crippen MR) is 119 cm³/mol. The maximum absolute atomic E-state index is 13.7. The number of carbonyl (C=O) groups is 3. The molecule has 32 heavy (non-hydrogen) atoms. The van der Waals surface area contributed by atoms with Crippen molar-refractivity contribution in [2.75, 3.05) is 5.32 Å². The summed E-state index contributed by atoms with van der Waals surface area (Å²) in [6.07, 6.45) is 1.06. The Morgan fingerprint density at radius 2 is 1.84 bits per heavy atom. The number of phenolic OH excluding ortho intramolecular Hbond substituents is 1. The van der Waals surface area contributed by atoms with Crippen molar-refractivity contribution in [3.8, 4) is 5.75 Å². The summed E-state index contributed by atoms with van der Waals surface area (Å²) in [5, 5.41) is 16.4. The van der Waals surface area contributed by atoms with Crippen LogP contribution < -0.4 is 10.6 Å². The first-order valence-electron chi connectivity index (χ1n) is 10.8. The molecule has 3 heterocycles. The van der Waals surface area contributed by atoms with E-state index in [0.717, 1.165) is 5.56 Å². The number of likely N-dealkylation sites (tertiary alicyclic amines) is 1. The third kappa shape index (κ3) is 2.81. The standard InChI is InChI=1S/C24H24ClN3O4/c1-3-12(2)28-21(30)19-18(10-13-4-7-15(29)8-5-13)27-24(20(19)22(28)31)16-11-14(25)6-9-17(16)26-23(24)32/h4-9,11-12,18-20,27,29H,3,10H2,1-2H3,(H,26,32)/t12-,18-,19-,20+,24+/m1/s1. The molecule has 0 bridgehead atoms. The molecule has 3 aliphatic heterocycles. The van der Waals surface area contributed by atoms with Crippen LogP contribution in [-0.4, -0.2) is 39.8 Å². The maximum atomic E-state index is 13.7. The number of anilines is 1. The molecule has 0 radical (unpaired) electrons. The number of nitrogens with zero attached hydrogens (tertiary/aromatic N) is 1. The molecule has 0 saturated carbocycles. The van der Waals surface area contributed by atoms with Crippen LogP contribution >= 0.6 is 11.6 Å². The monoisotopic (exact) mass is 453 g/mol. The molecule has 5 atom stereocenters. The Kier molecular flexibility index (Phi) is 4.80. The summed E-state index contributed by atoms with van der Waals surface area (Å²) in [5.41, 5.74) is 0.730. The molecule has 2 aromatic carbocycles. The number of halogens is 1. The second-order valence-corrected chi connectivity index (χ2v) is 9.32. The highest BCUT2D eigenvalue weighted by Gasteiger charge is 2.70. The van der Waals surface area contributed by atoms with Gasteiger partial charge in [0.05, 0.1) is 11.8 Å². The molecule has 5 rings (SSSR count). The van der Waals surface area contributed by atoms with Crippen LogP contribution in [0.5, 0.6) is 5.75 Å². The molecule has 2 aromatic rings. The van der Waals surface area contributed by atoms with Crippen LogP contribution in [0.15, 0.2) is 42.5 Å². The van der Waals surface area contributed by atoms with E-state index in [2.05, 4.69) is 10.6 Å². The molecule has 166 valence electrons. The highest BCUT2D eigenvalue weighted by Crippen LogP contribution is 2.54. The lowest BCUT2D eigenvalue weighted by Crippen LogP contribution is -2.54. The second kappa shape index (κ2) is 7.32. The van der Waals surface area contributed by atoms with E-state index in [1.165, 1.54) is 4.90 Å². The van der Waals surface area contributed by atoms with Crippen molar-refractivity contribution < 1.29 is 19.5 Å². The summed E-state index contributed by atoms with van der Waals surface area (Å²) in [7, 11) is 0. The van der Waals surface area contributed by atoms with Gasteiger partial charge < -0.3 is 10.4 Å². The summed E-state index contributed by atoms with van der Waals surface area (Å²) in [6, 6.07) is 11.2. The van der Waals surface area contributed by atoms with Crippen molar-refractivity contribution in [2.24, 2.45) is 11.8 Å². The van der Waals surface area contributed by atoms with Crippen LogP contribution in [0.3, 0.4) is 0 Å².